The van der Waals surface area contributed by atoms with Gasteiger partial charge >= 0.3 is 5.97 Å². The van der Waals surface area contributed by atoms with Gasteiger partial charge in [-0.2, -0.15) is 5.10 Å². The molecule has 2 aromatic rings. The molecule has 1 aromatic carbocycles. The summed E-state index contributed by atoms with van der Waals surface area (Å²) in [6, 6.07) is 7.93. The summed E-state index contributed by atoms with van der Waals surface area (Å²) >= 11 is 0. The lowest BCUT2D eigenvalue weighted by Crippen LogP contribution is -2.23. The Morgan fingerprint density at radius 2 is 2.09 bits per heavy atom. The number of amides is 1. The molecular weight excluding hydrogens is 282 g/mol. The van der Waals surface area contributed by atoms with E-state index in [0.29, 0.717) is 12.8 Å². The molecule has 0 fully saturated rings. The topological polar surface area (TPSA) is 83.5 Å². The van der Waals surface area contributed by atoms with Crippen molar-refractivity contribution in [2.24, 2.45) is 5.10 Å². The van der Waals surface area contributed by atoms with Crippen LogP contribution in [0.15, 0.2) is 35.6 Å². The number of benzene rings is 1. The number of rotatable bonds is 6. The van der Waals surface area contributed by atoms with Gasteiger partial charge in [-0.15, -0.1) is 0 Å². The lowest BCUT2D eigenvalue weighted by Gasteiger charge is -2.02. The molecule has 1 amide bonds. The van der Waals surface area contributed by atoms with Crippen molar-refractivity contribution in [2.45, 2.75) is 26.7 Å². The van der Waals surface area contributed by atoms with Crippen LogP contribution < -0.4 is 5.43 Å². The van der Waals surface area contributed by atoms with Crippen LogP contribution in [-0.4, -0.2) is 29.2 Å². The number of nitrogens with one attached hydrogen (secondary N) is 2. The Balaban J connectivity index is 1.88. The lowest BCUT2D eigenvalue weighted by molar-refractivity contribution is -0.135. The SMILES string of the molecule is CCOC(=O)/C(C)=N\NC(=O)CCc1c[nH]c2ccccc12. The predicted octanol–water partition coefficient (Wildman–Crippen LogP) is 2.16. The highest BCUT2D eigenvalue weighted by Gasteiger charge is 2.09. The molecule has 22 heavy (non-hydrogen) atoms. The zero-order valence-electron chi connectivity index (χ0n) is 12.7. The number of aromatic amines is 1. The molecular formula is C16H19N3O3. The number of para-hydroxylation sites is 1. The molecule has 0 radical (unpaired) electrons. The molecule has 0 aliphatic carbocycles. The maximum atomic E-state index is 11.8. The normalized spacial score (nSPS) is 11.5. The van der Waals surface area contributed by atoms with E-state index in [1.54, 1.807) is 6.92 Å². The van der Waals surface area contributed by atoms with Crippen LogP contribution in [0.4, 0.5) is 0 Å². The van der Waals surface area contributed by atoms with Gasteiger partial charge in [0.15, 0.2) is 0 Å². The van der Waals surface area contributed by atoms with Crippen molar-refractivity contribution in [3.05, 3.63) is 36.0 Å². The fourth-order valence-electron chi connectivity index (χ4n) is 2.07. The monoisotopic (exact) mass is 301 g/mol. The third-order valence-electron chi connectivity index (χ3n) is 3.22. The standard InChI is InChI=1S/C16H19N3O3/c1-3-22-16(21)11(2)18-19-15(20)9-8-12-10-17-14-7-5-4-6-13(12)14/h4-7,10,17H,3,8-9H2,1-2H3,(H,19,20)/b18-11-. The molecule has 0 saturated carbocycles. The molecule has 0 saturated heterocycles. The maximum absolute atomic E-state index is 11.8. The highest BCUT2D eigenvalue weighted by molar-refractivity contribution is 6.35. The first kappa shape index (κ1) is 15.8. The Labute approximate surface area is 128 Å². The van der Waals surface area contributed by atoms with Crippen LogP contribution in [0.3, 0.4) is 0 Å². The molecule has 2 N–H and O–H groups in total. The minimum atomic E-state index is -0.528. The van der Waals surface area contributed by atoms with E-state index >= 15 is 0 Å². The second-order valence-corrected chi connectivity index (χ2v) is 4.81. The molecule has 6 nitrogen and oxygen atoms in total. The number of carbonyl (C=O) groups excluding carboxylic acids is 2. The van der Waals surface area contributed by atoms with Crippen LogP contribution in [0.1, 0.15) is 25.8 Å². The van der Waals surface area contributed by atoms with Crippen LogP contribution >= 0.6 is 0 Å². The van der Waals surface area contributed by atoms with Gasteiger partial charge in [0.1, 0.15) is 5.71 Å². The van der Waals surface area contributed by atoms with Crippen LogP contribution in [0.2, 0.25) is 0 Å². The van der Waals surface area contributed by atoms with E-state index in [-0.39, 0.29) is 18.2 Å². The lowest BCUT2D eigenvalue weighted by atomic mass is 10.1. The number of hydrazone groups is 1. The number of aryl methyl sites for hydroxylation is 1. The minimum absolute atomic E-state index is 0.127. The minimum Gasteiger partial charge on any atom is -0.461 e. The molecule has 0 bridgehead atoms. The maximum Gasteiger partial charge on any atom is 0.354 e. The molecule has 1 heterocycles. The number of nitrogens with zero attached hydrogens (tertiary/aromatic N) is 1. The fourth-order valence-corrected chi connectivity index (χ4v) is 2.07. The number of carbonyl (C=O) groups is 2. The largest absolute Gasteiger partial charge is 0.461 e. The van der Waals surface area contributed by atoms with Crippen LogP contribution in [0.5, 0.6) is 0 Å². The van der Waals surface area contributed by atoms with Gasteiger partial charge in [-0.05, 0) is 31.9 Å². The van der Waals surface area contributed by atoms with Crippen molar-refractivity contribution >= 4 is 28.5 Å². The van der Waals surface area contributed by atoms with E-state index < -0.39 is 5.97 Å². The van der Waals surface area contributed by atoms with Crippen molar-refractivity contribution in [1.29, 1.82) is 0 Å². The smallest absolute Gasteiger partial charge is 0.354 e. The third-order valence-corrected chi connectivity index (χ3v) is 3.22. The summed E-state index contributed by atoms with van der Waals surface area (Å²) in [5, 5.41) is 4.85. The van der Waals surface area contributed by atoms with Crippen LogP contribution in [0.25, 0.3) is 10.9 Å². The van der Waals surface area contributed by atoms with E-state index in [4.69, 9.17) is 4.74 Å². The average molecular weight is 301 g/mol. The number of fused-ring (bicyclic) bond motifs is 1. The zero-order valence-corrected chi connectivity index (χ0v) is 12.7. The van der Waals surface area contributed by atoms with Gasteiger partial charge in [0.05, 0.1) is 6.61 Å². The Morgan fingerprint density at radius 1 is 1.32 bits per heavy atom. The Kier molecular flexibility index (Phi) is 5.30. The first-order valence-electron chi connectivity index (χ1n) is 7.17. The van der Waals surface area contributed by atoms with Crippen LogP contribution in [0, 0.1) is 0 Å². The van der Waals surface area contributed by atoms with Gasteiger partial charge in [0, 0.05) is 23.5 Å². The number of aromatic nitrogens is 1. The van der Waals surface area contributed by atoms with E-state index in [9.17, 15) is 9.59 Å². The second kappa shape index (κ2) is 7.40. The number of esters is 1. The van der Waals surface area contributed by atoms with E-state index in [1.807, 2.05) is 30.5 Å². The Bertz CT molecular complexity index is 703. The summed E-state index contributed by atoms with van der Waals surface area (Å²) < 4.78 is 4.78. The molecule has 6 heteroatoms. The number of hydrogen-bond donors (Lipinski definition) is 2. The molecule has 0 atom stereocenters. The van der Waals surface area contributed by atoms with E-state index in [0.717, 1.165) is 16.5 Å². The molecule has 0 spiro atoms. The van der Waals surface area contributed by atoms with Gasteiger partial charge < -0.3 is 9.72 Å². The summed E-state index contributed by atoms with van der Waals surface area (Å²) in [5.74, 6) is -0.770. The number of hydrogen-bond acceptors (Lipinski definition) is 4. The molecule has 0 aliphatic rings. The fraction of sp³-hybridized carbons (Fsp3) is 0.312. The number of ether oxygens (including phenoxy) is 1. The Morgan fingerprint density at radius 3 is 2.86 bits per heavy atom. The van der Waals surface area contributed by atoms with Crippen molar-refractivity contribution < 1.29 is 14.3 Å². The number of H-pyrrole nitrogens is 1. The first-order valence-corrected chi connectivity index (χ1v) is 7.17. The first-order chi connectivity index (χ1) is 10.6. The van der Waals surface area contributed by atoms with Gasteiger partial charge in [-0.3, -0.25) is 4.79 Å². The summed E-state index contributed by atoms with van der Waals surface area (Å²) in [5.41, 5.74) is 4.63. The van der Waals surface area contributed by atoms with Crippen molar-refractivity contribution in [1.82, 2.24) is 10.4 Å². The predicted molar refractivity (Wildman–Crippen MR) is 84.5 cm³/mol. The van der Waals surface area contributed by atoms with E-state index in [1.165, 1.54) is 6.92 Å². The van der Waals surface area contributed by atoms with Crippen molar-refractivity contribution in [2.75, 3.05) is 6.61 Å². The summed E-state index contributed by atoms with van der Waals surface area (Å²) in [6.07, 6.45) is 2.80. The molecule has 116 valence electrons. The van der Waals surface area contributed by atoms with Crippen LogP contribution in [-0.2, 0) is 20.7 Å². The average Bonchev–Trinajstić information content (AvgIpc) is 2.94. The summed E-state index contributed by atoms with van der Waals surface area (Å²) in [7, 11) is 0. The van der Waals surface area contributed by atoms with Gasteiger partial charge in [0.25, 0.3) is 0 Å². The quantitative estimate of drug-likeness (QED) is 0.487. The molecule has 0 unspecified atom stereocenters. The van der Waals surface area contributed by atoms with Gasteiger partial charge in [-0.25, -0.2) is 10.2 Å². The zero-order chi connectivity index (χ0) is 15.9. The van der Waals surface area contributed by atoms with Gasteiger partial charge in [-0.1, -0.05) is 18.2 Å². The summed E-state index contributed by atoms with van der Waals surface area (Å²) in [4.78, 5) is 26.3. The Hall–Kier alpha value is -2.63. The van der Waals surface area contributed by atoms with Crippen molar-refractivity contribution in [3.63, 3.8) is 0 Å². The highest BCUT2D eigenvalue weighted by Crippen LogP contribution is 2.18. The van der Waals surface area contributed by atoms with Gasteiger partial charge in [0.2, 0.25) is 5.91 Å². The van der Waals surface area contributed by atoms with E-state index in [2.05, 4.69) is 15.5 Å². The third kappa shape index (κ3) is 3.94. The van der Waals surface area contributed by atoms with Crippen molar-refractivity contribution in [3.8, 4) is 0 Å². The second-order valence-electron chi connectivity index (χ2n) is 4.81. The highest BCUT2D eigenvalue weighted by atomic mass is 16.5. The summed E-state index contributed by atoms with van der Waals surface area (Å²) in [6.45, 7) is 3.49. The molecule has 1 aromatic heterocycles. The molecule has 0 aliphatic heterocycles. The molecule has 2 rings (SSSR count).